The largest absolute Gasteiger partial charge is 0.394 e. The van der Waals surface area contributed by atoms with Gasteiger partial charge in [0.15, 0.2) is 0 Å². The minimum Gasteiger partial charge on any atom is -0.394 e. The fourth-order valence-corrected chi connectivity index (χ4v) is 0.953. The Labute approximate surface area is 97.6 Å². The lowest BCUT2D eigenvalue weighted by molar-refractivity contribution is -0.0592. The van der Waals surface area contributed by atoms with E-state index in [9.17, 15) is 0 Å². The van der Waals surface area contributed by atoms with Crippen molar-refractivity contribution in [2.45, 2.75) is 26.1 Å². The zero-order valence-corrected chi connectivity index (χ0v) is 10.5. The second-order valence-corrected chi connectivity index (χ2v) is 3.61. The minimum atomic E-state index is -0.135. The highest BCUT2D eigenvalue weighted by Gasteiger charge is 2.05. The minimum absolute atomic E-state index is 0.0139. The fourth-order valence-electron chi connectivity index (χ4n) is 0.953. The molecule has 0 spiro atoms. The zero-order chi connectivity index (χ0) is 12.2. The summed E-state index contributed by atoms with van der Waals surface area (Å²) < 4.78 is 20.8. The molecule has 0 heterocycles. The van der Waals surface area contributed by atoms with E-state index in [0.29, 0.717) is 33.0 Å². The Balaban J connectivity index is 3.20. The molecule has 0 aliphatic carbocycles. The van der Waals surface area contributed by atoms with Crippen molar-refractivity contribution in [1.29, 1.82) is 0 Å². The van der Waals surface area contributed by atoms with Gasteiger partial charge in [-0.2, -0.15) is 0 Å². The molecule has 0 rings (SSSR count). The number of methoxy groups -OCH3 is 1. The van der Waals surface area contributed by atoms with Gasteiger partial charge in [-0.3, -0.25) is 0 Å². The lowest BCUT2D eigenvalue weighted by Crippen LogP contribution is -2.23. The van der Waals surface area contributed by atoms with Crippen LogP contribution in [0.15, 0.2) is 0 Å². The van der Waals surface area contributed by atoms with Crippen LogP contribution in [0.25, 0.3) is 0 Å². The summed E-state index contributed by atoms with van der Waals surface area (Å²) in [6.07, 6.45) is -0.121. The summed E-state index contributed by atoms with van der Waals surface area (Å²) in [4.78, 5) is 0. The van der Waals surface area contributed by atoms with Crippen LogP contribution in [-0.4, -0.2) is 64.1 Å². The number of aliphatic hydroxyl groups is 1. The van der Waals surface area contributed by atoms with Gasteiger partial charge in [0.1, 0.15) is 0 Å². The molecule has 0 saturated carbocycles. The topological polar surface area (TPSA) is 57.2 Å². The van der Waals surface area contributed by atoms with E-state index < -0.39 is 0 Å². The van der Waals surface area contributed by atoms with Gasteiger partial charge in [-0.1, -0.05) is 0 Å². The van der Waals surface area contributed by atoms with E-state index in [0.717, 1.165) is 0 Å². The van der Waals surface area contributed by atoms with Gasteiger partial charge in [-0.05, 0) is 13.8 Å². The van der Waals surface area contributed by atoms with E-state index in [1.54, 1.807) is 7.11 Å². The van der Waals surface area contributed by atoms with Crippen LogP contribution >= 0.6 is 0 Å². The Morgan fingerprint density at radius 2 is 1.62 bits per heavy atom. The van der Waals surface area contributed by atoms with Gasteiger partial charge in [0.05, 0.1) is 51.8 Å². The second-order valence-electron chi connectivity index (χ2n) is 3.61. The van der Waals surface area contributed by atoms with Crippen LogP contribution in [0, 0.1) is 0 Å². The number of rotatable bonds is 11. The van der Waals surface area contributed by atoms with Crippen molar-refractivity contribution in [2.75, 3.05) is 46.8 Å². The van der Waals surface area contributed by atoms with Gasteiger partial charge in [-0.15, -0.1) is 0 Å². The molecule has 98 valence electrons. The highest BCUT2D eigenvalue weighted by Crippen LogP contribution is 1.96. The number of ether oxygens (including phenoxy) is 4. The van der Waals surface area contributed by atoms with E-state index in [2.05, 4.69) is 0 Å². The van der Waals surface area contributed by atoms with Crippen molar-refractivity contribution in [3.05, 3.63) is 0 Å². The molecular weight excluding hydrogens is 212 g/mol. The lowest BCUT2D eigenvalue weighted by Gasteiger charge is -2.16. The second kappa shape index (κ2) is 11.3. The Hall–Kier alpha value is -0.200. The molecule has 5 nitrogen and oxygen atoms in total. The SMILES string of the molecule is COCCOCCOC(C)COC(C)CO. The van der Waals surface area contributed by atoms with Gasteiger partial charge in [0, 0.05) is 7.11 Å². The first-order valence-corrected chi connectivity index (χ1v) is 5.61. The summed E-state index contributed by atoms with van der Waals surface area (Å²) in [5.74, 6) is 0. The third kappa shape index (κ3) is 10.3. The Kier molecular flexibility index (Phi) is 11.1. The van der Waals surface area contributed by atoms with Crippen LogP contribution in [0.3, 0.4) is 0 Å². The third-order valence-corrected chi connectivity index (χ3v) is 1.93. The third-order valence-electron chi connectivity index (χ3n) is 1.93. The molecule has 0 radical (unpaired) electrons. The highest BCUT2D eigenvalue weighted by atomic mass is 16.6. The first-order valence-electron chi connectivity index (χ1n) is 5.61. The summed E-state index contributed by atoms with van der Waals surface area (Å²) in [6, 6.07) is 0. The first-order chi connectivity index (χ1) is 7.70. The average molecular weight is 236 g/mol. The van der Waals surface area contributed by atoms with Crippen LogP contribution in [0.4, 0.5) is 0 Å². The van der Waals surface area contributed by atoms with Crippen LogP contribution in [-0.2, 0) is 18.9 Å². The molecule has 0 saturated heterocycles. The molecule has 0 aliphatic rings. The smallest absolute Gasteiger partial charge is 0.0781 e. The van der Waals surface area contributed by atoms with Crippen LogP contribution < -0.4 is 0 Å². The quantitative estimate of drug-likeness (QED) is 0.528. The Bertz CT molecular complexity index is 142. The number of hydrogen-bond acceptors (Lipinski definition) is 5. The van der Waals surface area contributed by atoms with E-state index in [1.807, 2.05) is 13.8 Å². The predicted molar refractivity (Wildman–Crippen MR) is 60.6 cm³/mol. The van der Waals surface area contributed by atoms with Crippen molar-refractivity contribution >= 4 is 0 Å². The summed E-state index contributed by atoms with van der Waals surface area (Å²) in [5, 5.41) is 8.75. The molecule has 2 atom stereocenters. The normalized spacial score (nSPS) is 15.0. The van der Waals surface area contributed by atoms with E-state index in [-0.39, 0.29) is 18.8 Å². The molecule has 5 heteroatoms. The van der Waals surface area contributed by atoms with E-state index in [1.165, 1.54) is 0 Å². The number of hydrogen-bond donors (Lipinski definition) is 1. The summed E-state index contributed by atoms with van der Waals surface area (Å²) >= 11 is 0. The van der Waals surface area contributed by atoms with Gasteiger partial charge in [0.25, 0.3) is 0 Å². The highest BCUT2D eigenvalue weighted by molar-refractivity contribution is 4.51. The van der Waals surface area contributed by atoms with E-state index >= 15 is 0 Å². The maximum Gasteiger partial charge on any atom is 0.0781 e. The van der Waals surface area contributed by atoms with Gasteiger partial charge >= 0.3 is 0 Å². The van der Waals surface area contributed by atoms with Crippen molar-refractivity contribution in [2.24, 2.45) is 0 Å². The summed E-state index contributed by atoms with van der Waals surface area (Å²) in [6.45, 7) is 6.57. The Morgan fingerprint density at radius 3 is 2.25 bits per heavy atom. The van der Waals surface area contributed by atoms with Crippen LogP contribution in [0.5, 0.6) is 0 Å². The van der Waals surface area contributed by atoms with Crippen molar-refractivity contribution < 1.29 is 24.1 Å². The molecule has 0 aliphatic heterocycles. The van der Waals surface area contributed by atoms with Crippen molar-refractivity contribution in [3.63, 3.8) is 0 Å². The molecule has 0 aromatic heterocycles. The fraction of sp³-hybridized carbons (Fsp3) is 1.00. The molecule has 0 aromatic rings. The molecule has 0 fully saturated rings. The van der Waals surface area contributed by atoms with Gasteiger partial charge < -0.3 is 24.1 Å². The van der Waals surface area contributed by atoms with Gasteiger partial charge in [0.2, 0.25) is 0 Å². The number of aliphatic hydroxyl groups excluding tert-OH is 1. The van der Waals surface area contributed by atoms with E-state index in [4.69, 9.17) is 24.1 Å². The monoisotopic (exact) mass is 236 g/mol. The molecule has 0 bridgehead atoms. The Morgan fingerprint density at radius 1 is 0.938 bits per heavy atom. The van der Waals surface area contributed by atoms with Crippen LogP contribution in [0.2, 0.25) is 0 Å². The van der Waals surface area contributed by atoms with Gasteiger partial charge in [-0.25, -0.2) is 0 Å². The molecule has 0 aromatic carbocycles. The zero-order valence-electron chi connectivity index (χ0n) is 10.5. The molecule has 2 unspecified atom stereocenters. The average Bonchev–Trinajstić information content (AvgIpc) is 2.30. The maximum absolute atomic E-state index is 8.75. The van der Waals surface area contributed by atoms with Crippen molar-refractivity contribution in [1.82, 2.24) is 0 Å². The maximum atomic E-state index is 8.75. The first kappa shape index (κ1) is 15.8. The molecular formula is C11H24O5. The molecule has 1 N–H and O–H groups in total. The van der Waals surface area contributed by atoms with Crippen molar-refractivity contribution in [3.8, 4) is 0 Å². The van der Waals surface area contributed by atoms with Crippen LogP contribution in [0.1, 0.15) is 13.8 Å². The predicted octanol–water partition coefficient (Wildman–Crippen LogP) is 0.452. The molecule has 0 amide bonds. The lowest BCUT2D eigenvalue weighted by atomic mass is 10.4. The standard InChI is InChI=1S/C11H24O5/c1-10(8-12)16-9-11(2)15-7-6-14-5-4-13-3/h10-12H,4-9H2,1-3H3. The summed E-state index contributed by atoms with van der Waals surface area (Å²) in [7, 11) is 1.64. The molecule has 16 heavy (non-hydrogen) atoms. The summed E-state index contributed by atoms with van der Waals surface area (Å²) in [5.41, 5.74) is 0.